The van der Waals surface area contributed by atoms with Crippen molar-refractivity contribution in [3.8, 4) is 0 Å². The molecule has 1 aromatic rings. The lowest BCUT2D eigenvalue weighted by Gasteiger charge is -2.05. The van der Waals surface area contributed by atoms with Crippen molar-refractivity contribution >= 4 is 5.97 Å². The summed E-state index contributed by atoms with van der Waals surface area (Å²) in [6.45, 7) is 2.30. The van der Waals surface area contributed by atoms with Crippen molar-refractivity contribution in [3.63, 3.8) is 0 Å². The Morgan fingerprint density at radius 3 is 3.00 bits per heavy atom. The van der Waals surface area contributed by atoms with Crippen molar-refractivity contribution in [2.45, 2.75) is 19.6 Å². The van der Waals surface area contributed by atoms with Gasteiger partial charge in [0, 0.05) is 11.6 Å². The smallest absolute Gasteiger partial charge is 0.338 e. The van der Waals surface area contributed by atoms with Gasteiger partial charge in [-0.25, -0.2) is 4.79 Å². The normalized spacial score (nSPS) is 16.6. The number of esters is 1. The second kappa shape index (κ2) is 2.85. The lowest BCUT2D eigenvalue weighted by molar-refractivity contribution is 0.0535. The molecule has 0 bridgehead atoms. The highest BCUT2D eigenvalue weighted by Gasteiger charge is 2.21. The van der Waals surface area contributed by atoms with Gasteiger partial charge in [-0.2, -0.15) is 0 Å². The number of ether oxygens (including phenoxy) is 1. The van der Waals surface area contributed by atoms with Crippen LogP contribution in [0.5, 0.6) is 0 Å². The number of carbonyl (C=O) groups is 1. The van der Waals surface area contributed by atoms with Crippen molar-refractivity contribution < 1.29 is 9.53 Å². The molecule has 0 saturated heterocycles. The molecule has 13 heavy (non-hydrogen) atoms. The van der Waals surface area contributed by atoms with Crippen LogP contribution in [0.25, 0.3) is 0 Å². The van der Waals surface area contributed by atoms with Gasteiger partial charge in [0.05, 0.1) is 5.56 Å². The van der Waals surface area contributed by atoms with E-state index < -0.39 is 0 Å². The van der Waals surface area contributed by atoms with Crippen LogP contribution in [0.2, 0.25) is 0 Å². The van der Waals surface area contributed by atoms with Crippen LogP contribution < -0.4 is 5.73 Å². The number of hydrogen-bond donors (Lipinski definition) is 1. The van der Waals surface area contributed by atoms with Gasteiger partial charge in [0.2, 0.25) is 0 Å². The lowest BCUT2D eigenvalue weighted by atomic mass is 10.0. The molecular formula is C10H11NO2. The molecule has 2 N–H and O–H groups in total. The standard InChI is InChI=1S/C10H11NO2/c1-6(11)7-2-3-9-8(4-7)5-13-10(9)12/h2-4,6H,5,11H2,1H3/t6-/m0/s1. The number of hydrogen-bond acceptors (Lipinski definition) is 3. The van der Waals surface area contributed by atoms with Crippen LogP contribution in [0.15, 0.2) is 18.2 Å². The monoisotopic (exact) mass is 177 g/mol. The number of carbonyl (C=O) groups excluding carboxylic acids is 1. The molecule has 0 amide bonds. The average Bonchev–Trinajstić information content (AvgIpc) is 2.47. The molecule has 2 rings (SSSR count). The van der Waals surface area contributed by atoms with E-state index >= 15 is 0 Å². The Kier molecular flexibility index (Phi) is 1.81. The molecule has 0 spiro atoms. The van der Waals surface area contributed by atoms with E-state index in [-0.39, 0.29) is 12.0 Å². The minimum Gasteiger partial charge on any atom is -0.457 e. The molecule has 0 aromatic heterocycles. The Bertz CT molecular complexity index is 358. The minimum atomic E-state index is -0.230. The van der Waals surface area contributed by atoms with Gasteiger partial charge in [-0.15, -0.1) is 0 Å². The third-order valence-corrected chi connectivity index (χ3v) is 2.23. The number of rotatable bonds is 1. The fraction of sp³-hybridized carbons (Fsp3) is 0.300. The molecule has 0 radical (unpaired) electrons. The molecule has 0 aliphatic carbocycles. The fourth-order valence-corrected chi connectivity index (χ4v) is 1.44. The van der Waals surface area contributed by atoms with Crippen LogP contribution in [-0.2, 0) is 11.3 Å². The van der Waals surface area contributed by atoms with Crippen LogP contribution in [-0.4, -0.2) is 5.97 Å². The van der Waals surface area contributed by atoms with E-state index in [0.717, 1.165) is 11.1 Å². The van der Waals surface area contributed by atoms with E-state index in [1.807, 2.05) is 19.1 Å². The second-order valence-corrected chi connectivity index (χ2v) is 3.28. The molecule has 0 unspecified atom stereocenters. The Morgan fingerprint density at radius 2 is 2.31 bits per heavy atom. The minimum absolute atomic E-state index is 0.000928. The summed E-state index contributed by atoms with van der Waals surface area (Å²) in [6, 6.07) is 5.59. The Hall–Kier alpha value is -1.35. The van der Waals surface area contributed by atoms with Crippen molar-refractivity contribution in [2.75, 3.05) is 0 Å². The fourth-order valence-electron chi connectivity index (χ4n) is 1.44. The summed E-state index contributed by atoms with van der Waals surface area (Å²) >= 11 is 0. The summed E-state index contributed by atoms with van der Waals surface area (Å²) in [5, 5.41) is 0. The molecule has 3 nitrogen and oxygen atoms in total. The number of benzene rings is 1. The highest BCUT2D eigenvalue weighted by atomic mass is 16.5. The topological polar surface area (TPSA) is 52.3 Å². The van der Waals surface area contributed by atoms with Crippen molar-refractivity contribution in [3.05, 3.63) is 34.9 Å². The Morgan fingerprint density at radius 1 is 1.54 bits per heavy atom. The SMILES string of the molecule is C[C@H](N)c1ccc2c(c1)COC2=O. The number of nitrogens with two attached hydrogens (primary N) is 1. The predicted molar refractivity (Wildman–Crippen MR) is 48.2 cm³/mol. The zero-order valence-corrected chi connectivity index (χ0v) is 7.41. The highest BCUT2D eigenvalue weighted by Crippen LogP contribution is 2.22. The van der Waals surface area contributed by atoms with Crippen LogP contribution in [0.3, 0.4) is 0 Å². The molecule has 3 heteroatoms. The average molecular weight is 177 g/mol. The molecule has 1 aliphatic heterocycles. The second-order valence-electron chi connectivity index (χ2n) is 3.28. The Labute approximate surface area is 76.5 Å². The predicted octanol–water partition coefficient (Wildman–Crippen LogP) is 1.38. The molecular weight excluding hydrogens is 166 g/mol. The van der Waals surface area contributed by atoms with Crippen molar-refractivity contribution in [1.82, 2.24) is 0 Å². The zero-order chi connectivity index (χ0) is 9.42. The zero-order valence-electron chi connectivity index (χ0n) is 7.41. The first-order valence-electron chi connectivity index (χ1n) is 4.24. The van der Waals surface area contributed by atoms with Crippen LogP contribution in [0, 0.1) is 0 Å². The summed E-state index contributed by atoms with van der Waals surface area (Å²) in [6.07, 6.45) is 0. The van der Waals surface area contributed by atoms with Crippen molar-refractivity contribution in [1.29, 1.82) is 0 Å². The van der Waals surface area contributed by atoms with E-state index in [1.54, 1.807) is 6.07 Å². The van der Waals surface area contributed by atoms with Crippen LogP contribution >= 0.6 is 0 Å². The summed E-state index contributed by atoms with van der Waals surface area (Å²) in [5.41, 5.74) is 8.37. The first-order valence-corrected chi connectivity index (χ1v) is 4.24. The van der Waals surface area contributed by atoms with Gasteiger partial charge in [0.15, 0.2) is 0 Å². The summed E-state index contributed by atoms with van der Waals surface area (Å²) in [5.74, 6) is -0.230. The van der Waals surface area contributed by atoms with Crippen molar-refractivity contribution in [2.24, 2.45) is 5.73 Å². The van der Waals surface area contributed by atoms with Gasteiger partial charge in [-0.1, -0.05) is 6.07 Å². The van der Waals surface area contributed by atoms with E-state index in [1.165, 1.54) is 0 Å². The van der Waals surface area contributed by atoms with Gasteiger partial charge in [-0.05, 0) is 24.6 Å². The summed E-state index contributed by atoms with van der Waals surface area (Å²) < 4.78 is 4.88. The van der Waals surface area contributed by atoms with Gasteiger partial charge >= 0.3 is 5.97 Å². The lowest BCUT2D eigenvalue weighted by Crippen LogP contribution is -2.05. The van der Waals surface area contributed by atoms with Crippen LogP contribution in [0.1, 0.15) is 34.5 Å². The first kappa shape index (κ1) is 8.26. The van der Waals surface area contributed by atoms with Gasteiger partial charge in [0.1, 0.15) is 6.61 Å². The van der Waals surface area contributed by atoms with E-state index in [4.69, 9.17) is 10.5 Å². The first-order chi connectivity index (χ1) is 6.18. The quantitative estimate of drug-likeness (QED) is 0.659. The summed E-state index contributed by atoms with van der Waals surface area (Å²) in [4.78, 5) is 11.1. The largest absolute Gasteiger partial charge is 0.457 e. The van der Waals surface area contributed by atoms with E-state index in [9.17, 15) is 4.79 Å². The number of cyclic esters (lactones) is 1. The molecule has 0 fully saturated rings. The number of fused-ring (bicyclic) bond motifs is 1. The molecule has 1 aliphatic rings. The highest BCUT2D eigenvalue weighted by molar-refractivity contribution is 5.93. The van der Waals surface area contributed by atoms with Gasteiger partial charge in [0.25, 0.3) is 0 Å². The molecule has 1 heterocycles. The maximum absolute atomic E-state index is 11.1. The Balaban J connectivity index is 2.45. The molecule has 1 atom stereocenters. The van der Waals surface area contributed by atoms with Gasteiger partial charge in [-0.3, -0.25) is 0 Å². The van der Waals surface area contributed by atoms with Gasteiger partial charge < -0.3 is 10.5 Å². The van der Waals surface area contributed by atoms with E-state index in [2.05, 4.69) is 0 Å². The molecule has 68 valence electrons. The molecule has 0 saturated carbocycles. The van der Waals surface area contributed by atoms with E-state index in [0.29, 0.717) is 12.2 Å². The third kappa shape index (κ3) is 1.31. The maximum Gasteiger partial charge on any atom is 0.338 e. The summed E-state index contributed by atoms with van der Waals surface area (Å²) in [7, 11) is 0. The molecule has 1 aromatic carbocycles. The third-order valence-electron chi connectivity index (χ3n) is 2.23. The maximum atomic E-state index is 11.1. The van der Waals surface area contributed by atoms with Crippen LogP contribution in [0.4, 0.5) is 0 Å².